The highest BCUT2D eigenvalue weighted by molar-refractivity contribution is 5.93. The molecule has 0 aromatic heterocycles. The summed E-state index contributed by atoms with van der Waals surface area (Å²) < 4.78 is 0. The average Bonchev–Trinajstić information content (AvgIpc) is 2.64. The van der Waals surface area contributed by atoms with Crippen molar-refractivity contribution >= 4 is 23.4 Å². The van der Waals surface area contributed by atoms with Gasteiger partial charge in [0.15, 0.2) is 0 Å². The number of anilines is 2. The Kier molecular flexibility index (Phi) is 5.18. The summed E-state index contributed by atoms with van der Waals surface area (Å²) in [4.78, 5) is 27.6. The molecule has 0 aliphatic carbocycles. The van der Waals surface area contributed by atoms with Crippen molar-refractivity contribution in [1.82, 2.24) is 10.2 Å². The Morgan fingerprint density at radius 2 is 1.76 bits per heavy atom. The van der Waals surface area contributed by atoms with Crippen molar-refractivity contribution in [3.63, 3.8) is 0 Å². The third kappa shape index (κ3) is 4.29. The van der Waals surface area contributed by atoms with Gasteiger partial charge in [0.1, 0.15) is 0 Å². The third-order valence-corrected chi connectivity index (χ3v) is 4.17. The molecule has 0 radical (unpaired) electrons. The summed E-state index contributed by atoms with van der Waals surface area (Å²) in [6.07, 6.45) is 0.949. The van der Waals surface area contributed by atoms with E-state index in [-0.39, 0.29) is 12.1 Å². The van der Waals surface area contributed by atoms with Crippen molar-refractivity contribution < 1.29 is 9.59 Å². The van der Waals surface area contributed by atoms with Crippen molar-refractivity contribution in [2.45, 2.75) is 13.0 Å². The van der Waals surface area contributed by atoms with Gasteiger partial charge in [-0.15, -0.1) is 0 Å². The predicted octanol–water partition coefficient (Wildman–Crippen LogP) is 3.27. The molecule has 0 spiro atoms. The zero-order chi connectivity index (χ0) is 17.6. The first-order valence-corrected chi connectivity index (χ1v) is 8.35. The zero-order valence-corrected chi connectivity index (χ0v) is 14.2. The van der Waals surface area contributed by atoms with Crippen LogP contribution in [0.4, 0.5) is 21.0 Å². The van der Waals surface area contributed by atoms with E-state index in [4.69, 9.17) is 0 Å². The van der Waals surface area contributed by atoms with Gasteiger partial charge in [-0.25, -0.2) is 9.59 Å². The van der Waals surface area contributed by atoms with Gasteiger partial charge in [-0.1, -0.05) is 30.3 Å². The summed E-state index contributed by atoms with van der Waals surface area (Å²) in [6.45, 7) is 1.98. The fourth-order valence-corrected chi connectivity index (χ4v) is 2.78. The number of amides is 4. The normalized spacial score (nSPS) is 14.4. The number of hydrogen-bond donors (Lipinski definition) is 2. The predicted molar refractivity (Wildman–Crippen MR) is 98.7 cm³/mol. The van der Waals surface area contributed by atoms with Crippen molar-refractivity contribution in [1.29, 1.82) is 0 Å². The summed E-state index contributed by atoms with van der Waals surface area (Å²) in [6, 6.07) is 16.8. The summed E-state index contributed by atoms with van der Waals surface area (Å²) in [5, 5.41) is 5.62. The standard InChI is InChI=1S/C19H22N4O2/c1-22-12-5-13-23(19(22)25)17-10-8-16(9-11-17)21-18(24)20-14-15-6-3-2-4-7-15/h2-4,6-11H,5,12-14H2,1H3,(H2,20,21,24). The third-order valence-electron chi connectivity index (χ3n) is 4.17. The first-order valence-electron chi connectivity index (χ1n) is 8.35. The van der Waals surface area contributed by atoms with E-state index >= 15 is 0 Å². The van der Waals surface area contributed by atoms with E-state index in [1.807, 2.05) is 49.5 Å². The van der Waals surface area contributed by atoms with Gasteiger partial charge in [0.05, 0.1) is 0 Å². The zero-order valence-electron chi connectivity index (χ0n) is 14.2. The Balaban J connectivity index is 1.55. The Labute approximate surface area is 147 Å². The SMILES string of the molecule is CN1CCCN(c2ccc(NC(=O)NCc3ccccc3)cc2)C1=O. The number of hydrogen-bond acceptors (Lipinski definition) is 2. The molecular formula is C19H22N4O2. The highest BCUT2D eigenvalue weighted by Crippen LogP contribution is 2.21. The molecule has 1 aliphatic rings. The van der Waals surface area contributed by atoms with Crippen LogP contribution in [0.15, 0.2) is 54.6 Å². The smallest absolute Gasteiger partial charge is 0.324 e. The van der Waals surface area contributed by atoms with E-state index < -0.39 is 0 Å². The van der Waals surface area contributed by atoms with Gasteiger partial charge in [-0.05, 0) is 36.2 Å². The van der Waals surface area contributed by atoms with E-state index in [9.17, 15) is 9.59 Å². The van der Waals surface area contributed by atoms with Crippen LogP contribution >= 0.6 is 0 Å². The largest absolute Gasteiger partial charge is 0.334 e. The molecule has 0 atom stereocenters. The summed E-state index contributed by atoms with van der Waals surface area (Å²) in [7, 11) is 1.81. The Hall–Kier alpha value is -3.02. The molecule has 1 saturated heterocycles. The number of carbonyl (C=O) groups is 2. The van der Waals surface area contributed by atoms with Gasteiger partial charge in [0.2, 0.25) is 0 Å². The minimum atomic E-state index is -0.259. The topological polar surface area (TPSA) is 64.7 Å². The number of nitrogens with zero attached hydrogens (tertiary/aromatic N) is 2. The average molecular weight is 338 g/mol. The Bertz CT molecular complexity index is 731. The Morgan fingerprint density at radius 1 is 1.04 bits per heavy atom. The summed E-state index contributed by atoms with van der Waals surface area (Å²) in [5.74, 6) is 0. The maximum atomic E-state index is 12.2. The molecule has 0 bridgehead atoms. The van der Waals surface area contributed by atoms with Crippen LogP contribution in [0.1, 0.15) is 12.0 Å². The number of rotatable bonds is 4. The molecule has 4 amide bonds. The molecule has 0 unspecified atom stereocenters. The molecule has 3 rings (SSSR count). The molecular weight excluding hydrogens is 316 g/mol. The van der Waals surface area contributed by atoms with Crippen molar-refractivity contribution in [3.8, 4) is 0 Å². The van der Waals surface area contributed by atoms with Crippen LogP contribution in [0.2, 0.25) is 0 Å². The lowest BCUT2D eigenvalue weighted by Crippen LogP contribution is -2.47. The molecule has 6 nitrogen and oxygen atoms in total. The van der Waals surface area contributed by atoms with Crippen molar-refractivity contribution in [3.05, 3.63) is 60.2 Å². The van der Waals surface area contributed by atoms with Gasteiger partial charge in [-0.2, -0.15) is 0 Å². The summed E-state index contributed by atoms with van der Waals surface area (Å²) in [5.41, 5.74) is 2.57. The molecule has 1 aliphatic heterocycles. The van der Waals surface area contributed by atoms with Gasteiger partial charge < -0.3 is 15.5 Å². The van der Waals surface area contributed by atoms with E-state index in [0.29, 0.717) is 18.8 Å². The van der Waals surface area contributed by atoms with Crippen LogP contribution in [-0.4, -0.2) is 37.1 Å². The minimum absolute atomic E-state index is 0.00700. The molecule has 2 aromatic rings. The van der Waals surface area contributed by atoms with E-state index in [1.165, 1.54) is 0 Å². The molecule has 0 saturated carbocycles. The molecule has 2 aromatic carbocycles. The van der Waals surface area contributed by atoms with Gasteiger partial charge in [-0.3, -0.25) is 4.90 Å². The number of benzene rings is 2. The van der Waals surface area contributed by atoms with Crippen molar-refractivity contribution in [2.24, 2.45) is 0 Å². The van der Waals surface area contributed by atoms with Gasteiger partial charge in [0.25, 0.3) is 0 Å². The second-order valence-electron chi connectivity index (χ2n) is 6.05. The van der Waals surface area contributed by atoms with E-state index in [0.717, 1.165) is 24.2 Å². The lowest BCUT2D eigenvalue weighted by atomic mass is 10.2. The van der Waals surface area contributed by atoms with Crippen LogP contribution in [0, 0.1) is 0 Å². The first kappa shape index (κ1) is 16.8. The van der Waals surface area contributed by atoms with E-state index in [2.05, 4.69) is 10.6 Å². The molecule has 1 heterocycles. The lowest BCUT2D eigenvalue weighted by molar-refractivity contribution is 0.207. The van der Waals surface area contributed by atoms with Crippen LogP contribution < -0.4 is 15.5 Å². The summed E-state index contributed by atoms with van der Waals surface area (Å²) >= 11 is 0. The highest BCUT2D eigenvalue weighted by Gasteiger charge is 2.23. The monoisotopic (exact) mass is 338 g/mol. The van der Waals surface area contributed by atoms with Gasteiger partial charge in [0, 0.05) is 38.1 Å². The maximum absolute atomic E-state index is 12.2. The quantitative estimate of drug-likeness (QED) is 0.898. The minimum Gasteiger partial charge on any atom is -0.334 e. The van der Waals surface area contributed by atoms with Crippen LogP contribution in [-0.2, 0) is 6.54 Å². The Morgan fingerprint density at radius 3 is 2.48 bits per heavy atom. The lowest BCUT2D eigenvalue weighted by Gasteiger charge is -2.33. The number of nitrogens with one attached hydrogen (secondary N) is 2. The van der Waals surface area contributed by atoms with Gasteiger partial charge >= 0.3 is 12.1 Å². The van der Waals surface area contributed by atoms with Crippen molar-refractivity contribution in [2.75, 3.05) is 30.4 Å². The molecule has 130 valence electrons. The van der Waals surface area contributed by atoms with Crippen LogP contribution in [0.25, 0.3) is 0 Å². The second-order valence-corrected chi connectivity index (χ2v) is 6.05. The molecule has 1 fully saturated rings. The number of carbonyl (C=O) groups excluding carboxylic acids is 2. The fraction of sp³-hybridized carbons (Fsp3) is 0.263. The van der Waals surface area contributed by atoms with E-state index in [1.54, 1.807) is 21.9 Å². The first-order chi connectivity index (χ1) is 12.1. The fourth-order valence-electron chi connectivity index (χ4n) is 2.78. The van der Waals surface area contributed by atoms with Crippen LogP contribution in [0.3, 0.4) is 0 Å². The van der Waals surface area contributed by atoms with Crippen LogP contribution in [0.5, 0.6) is 0 Å². The molecule has 25 heavy (non-hydrogen) atoms. The second kappa shape index (κ2) is 7.70. The molecule has 2 N–H and O–H groups in total. The number of urea groups is 2. The highest BCUT2D eigenvalue weighted by atomic mass is 16.2. The maximum Gasteiger partial charge on any atom is 0.324 e. The molecule has 6 heteroatoms.